The Morgan fingerprint density at radius 3 is 2.65 bits per heavy atom. The normalized spacial score (nSPS) is 27.7. The van der Waals surface area contributed by atoms with Crippen LogP contribution in [-0.4, -0.2) is 35.0 Å². The summed E-state index contributed by atoms with van der Waals surface area (Å²) < 4.78 is 0. The molecule has 96 valence electrons. The first-order chi connectivity index (χ1) is 8.30. The van der Waals surface area contributed by atoms with Gasteiger partial charge < -0.3 is 10.1 Å². The quantitative estimate of drug-likeness (QED) is 0.603. The van der Waals surface area contributed by atoms with Gasteiger partial charge in [-0.15, -0.1) is 0 Å². The fourth-order valence-corrected chi connectivity index (χ4v) is 3.38. The molecule has 0 heterocycles. The summed E-state index contributed by atoms with van der Waals surface area (Å²) in [6.07, 6.45) is 6.85. The van der Waals surface area contributed by atoms with Gasteiger partial charge in [0.1, 0.15) is 0 Å². The van der Waals surface area contributed by atoms with Gasteiger partial charge in [0, 0.05) is 6.04 Å². The summed E-state index contributed by atoms with van der Waals surface area (Å²) in [6, 6.07) is 0.710. The lowest BCUT2D eigenvalue weighted by atomic mass is 9.78. The van der Waals surface area contributed by atoms with Crippen LogP contribution in [0.1, 0.15) is 52.4 Å². The second kappa shape index (κ2) is 5.67. The molecule has 0 aromatic heterocycles. The van der Waals surface area contributed by atoms with Gasteiger partial charge in [-0.2, -0.15) is 0 Å². The monoisotopic (exact) mass is 236 g/mol. The van der Waals surface area contributed by atoms with Gasteiger partial charge in [0.2, 0.25) is 0 Å². The third-order valence-corrected chi connectivity index (χ3v) is 4.33. The molecule has 0 aromatic rings. The van der Waals surface area contributed by atoms with Crippen molar-refractivity contribution in [3.8, 4) is 0 Å². The Bertz CT molecular complexity index is 329. The zero-order valence-corrected chi connectivity index (χ0v) is 11.1. The SMILES string of the molecule is CCN(CC)C1CCC2=C(CCC/C2=N\O)C1. The fraction of sp³-hybridized carbons (Fsp3) is 0.786. The summed E-state index contributed by atoms with van der Waals surface area (Å²) in [5.41, 5.74) is 3.90. The minimum Gasteiger partial charge on any atom is -0.411 e. The molecule has 0 fully saturated rings. The van der Waals surface area contributed by atoms with Gasteiger partial charge in [0.25, 0.3) is 0 Å². The highest BCUT2D eigenvalue weighted by Crippen LogP contribution is 2.35. The summed E-state index contributed by atoms with van der Waals surface area (Å²) in [5, 5.41) is 12.5. The molecule has 2 aliphatic carbocycles. The van der Waals surface area contributed by atoms with Gasteiger partial charge in [-0.3, -0.25) is 0 Å². The second-order valence-corrected chi connectivity index (χ2v) is 5.10. The summed E-state index contributed by atoms with van der Waals surface area (Å²) in [7, 11) is 0. The molecular weight excluding hydrogens is 212 g/mol. The zero-order chi connectivity index (χ0) is 12.3. The van der Waals surface area contributed by atoms with E-state index in [4.69, 9.17) is 5.21 Å². The Morgan fingerprint density at radius 2 is 2.00 bits per heavy atom. The van der Waals surface area contributed by atoms with E-state index in [-0.39, 0.29) is 0 Å². The molecule has 0 saturated carbocycles. The largest absolute Gasteiger partial charge is 0.411 e. The summed E-state index contributed by atoms with van der Waals surface area (Å²) in [6.45, 7) is 6.78. The molecule has 0 saturated heterocycles. The Balaban J connectivity index is 2.12. The van der Waals surface area contributed by atoms with Gasteiger partial charge in [-0.25, -0.2) is 0 Å². The first-order valence-corrected chi connectivity index (χ1v) is 6.96. The van der Waals surface area contributed by atoms with Gasteiger partial charge in [-0.1, -0.05) is 24.6 Å². The highest BCUT2D eigenvalue weighted by molar-refractivity contribution is 6.01. The molecule has 0 radical (unpaired) electrons. The van der Waals surface area contributed by atoms with Gasteiger partial charge in [0.05, 0.1) is 5.71 Å². The predicted octanol–water partition coefficient (Wildman–Crippen LogP) is 3.19. The molecule has 0 aromatic carbocycles. The van der Waals surface area contributed by atoms with E-state index in [0.29, 0.717) is 6.04 Å². The van der Waals surface area contributed by atoms with Crippen LogP contribution >= 0.6 is 0 Å². The Hall–Kier alpha value is -0.830. The number of oxime groups is 1. The van der Waals surface area contributed by atoms with Crippen molar-refractivity contribution in [2.75, 3.05) is 13.1 Å². The van der Waals surface area contributed by atoms with E-state index in [9.17, 15) is 0 Å². The van der Waals surface area contributed by atoms with Crippen LogP contribution in [-0.2, 0) is 0 Å². The van der Waals surface area contributed by atoms with Gasteiger partial charge >= 0.3 is 0 Å². The van der Waals surface area contributed by atoms with E-state index < -0.39 is 0 Å². The van der Waals surface area contributed by atoms with Gasteiger partial charge in [0.15, 0.2) is 0 Å². The Morgan fingerprint density at radius 1 is 1.24 bits per heavy atom. The van der Waals surface area contributed by atoms with E-state index in [2.05, 4.69) is 23.9 Å². The first kappa shape index (κ1) is 12.6. The second-order valence-electron chi connectivity index (χ2n) is 5.10. The van der Waals surface area contributed by atoms with E-state index in [1.165, 1.54) is 24.8 Å². The maximum Gasteiger partial charge on any atom is 0.0827 e. The number of nitrogens with zero attached hydrogens (tertiary/aromatic N) is 2. The molecule has 2 rings (SSSR count). The average molecular weight is 236 g/mol. The van der Waals surface area contributed by atoms with E-state index in [0.717, 1.165) is 38.1 Å². The lowest BCUT2D eigenvalue weighted by Gasteiger charge is -2.36. The summed E-state index contributed by atoms with van der Waals surface area (Å²) in [5.74, 6) is 0. The molecule has 3 nitrogen and oxygen atoms in total. The Kier molecular flexibility index (Phi) is 4.21. The summed E-state index contributed by atoms with van der Waals surface area (Å²) in [4.78, 5) is 2.56. The smallest absolute Gasteiger partial charge is 0.0827 e. The van der Waals surface area contributed by atoms with E-state index in [1.54, 1.807) is 5.57 Å². The third-order valence-electron chi connectivity index (χ3n) is 4.33. The fourth-order valence-electron chi connectivity index (χ4n) is 3.38. The first-order valence-electron chi connectivity index (χ1n) is 6.96. The van der Waals surface area contributed by atoms with Crippen LogP contribution in [0.4, 0.5) is 0 Å². The van der Waals surface area contributed by atoms with E-state index >= 15 is 0 Å². The minimum atomic E-state index is 0.710. The lowest BCUT2D eigenvalue weighted by molar-refractivity contribution is 0.197. The van der Waals surface area contributed by atoms with Crippen LogP contribution in [0.15, 0.2) is 16.3 Å². The number of rotatable bonds is 3. The molecule has 1 atom stereocenters. The molecule has 2 aliphatic rings. The molecule has 0 bridgehead atoms. The predicted molar refractivity (Wildman–Crippen MR) is 70.7 cm³/mol. The average Bonchev–Trinajstić information content (AvgIpc) is 2.39. The number of hydrogen-bond acceptors (Lipinski definition) is 3. The van der Waals surface area contributed by atoms with Crippen LogP contribution in [0, 0.1) is 0 Å². The van der Waals surface area contributed by atoms with E-state index in [1.807, 2.05) is 0 Å². The molecule has 3 heteroatoms. The van der Waals surface area contributed by atoms with Crippen LogP contribution in [0.2, 0.25) is 0 Å². The van der Waals surface area contributed by atoms with Crippen molar-refractivity contribution >= 4 is 5.71 Å². The topological polar surface area (TPSA) is 35.8 Å². The molecule has 1 N–H and O–H groups in total. The Labute approximate surface area is 104 Å². The molecule has 0 aliphatic heterocycles. The molecule has 0 spiro atoms. The summed E-state index contributed by atoms with van der Waals surface area (Å²) >= 11 is 0. The van der Waals surface area contributed by atoms with Gasteiger partial charge in [-0.05, 0) is 57.2 Å². The lowest BCUT2D eigenvalue weighted by Crippen LogP contribution is -2.38. The third kappa shape index (κ3) is 2.54. The maximum absolute atomic E-state index is 9.04. The van der Waals surface area contributed by atoms with Crippen molar-refractivity contribution in [1.82, 2.24) is 4.90 Å². The molecule has 17 heavy (non-hydrogen) atoms. The van der Waals surface area contributed by atoms with Crippen molar-refractivity contribution in [2.24, 2.45) is 5.16 Å². The van der Waals surface area contributed by atoms with Crippen LogP contribution in [0.25, 0.3) is 0 Å². The van der Waals surface area contributed by atoms with Crippen molar-refractivity contribution in [3.05, 3.63) is 11.1 Å². The number of hydrogen-bond donors (Lipinski definition) is 1. The van der Waals surface area contributed by atoms with Crippen LogP contribution < -0.4 is 0 Å². The van der Waals surface area contributed by atoms with Crippen molar-refractivity contribution in [2.45, 2.75) is 58.4 Å². The molecular formula is C14H24N2O. The standard InChI is InChI=1S/C14H24N2O/c1-3-16(4-2)12-8-9-13-11(10-12)6-5-7-14(13)15-17/h12,17H,3-10H2,1-2H3/b15-14+. The number of allylic oxidation sites excluding steroid dienone is 1. The molecule has 1 unspecified atom stereocenters. The molecule has 0 amide bonds. The highest BCUT2D eigenvalue weighted by Gasteiger charge is 2.28. The maximum atomic E-state index is 9.04. The van der Waals surface area contributed by atoms with Crippen LogP contribution in [0.3, 0.4) is 0 Å². The van der Waals surface area contributed by atoms with Crippen molar-refractivity contribution < 1.29 is 5.21 Å². The van der Waals surface area contributed by atoms with Crippen molar-refractivity contribution in [3.63, 3.8) is 0 Å². The minimum absolute atomic E-state index is 0.710. The van der Waals surface area contributed by atoms with Crippen LogP contribution in [0.5, 0.6) is 0 Å². The highest BCUT2D eigenvalue weighted by atomic mass is 16.4. The zero-order valence-electron chi connectivity index (χ0n) is 11.1. The van der Waals surface area contributed by atoms with Crippen molar-refractivity contribution in [1.29, 1.82) is 0 Å².